The van der Waals surface area contributed by atoms with Gasteiger partial charge in [0.2, 0.25) is 0 Å². The maximum absolute atomic E-state index is 12.3. The van der Waals surface area contributed by atoms with Gasteiger partial charge in [-0.3, -0.25) is 4.79 Å². The van der Waals surface area contributed by atoms with E-state index in [4.69, 9.17) is 28.9 Å². The number of nitrogens with two attached hydrogens (primary N) is 1. The molecule has 2 N–H and O–H groups in total. The molecule has 1 aromatic carbocycles. The molecule has 1 unspecified atom stereocenters. The van der Waals surface area contributed by atoms with Crippen molar-refractivity contribution in [3.05, 3.63) is 33.8 Å². The molecule has 1 amide bonds. The van der Waals surface area contributed by atoms with Crippen LogP contribution in [0.25, 0.3) is 0 Å². The summed E-state index contributed by atoms with van der Waals surface area (Å²) < 4.78 is 0. The van der Waals surface area contributed by atoms with Crippen LogP contribution in [-0.2, 0) is 0 Å². The molecule has 1 fully saturated rings. The number of carbonyl (C=O) groups is 1. The Labute approximate surface area is 123 Å². The highest BCUT2D eigenvalue weighted by atomic mass is 35.5. The van der Waals surface area contributed by atoms with Crippen LogP contribution < -0.4 is 5.73 Å². The van der Waals surface area contributed by atoms with E-state index in [9.17, 15) is 4.79 Å². The van der Waals surface area contributed by atoms with Gasteiger partial charge in [0.25, 0.3) is 5.91 Å². The molecule has 0 saturated carbocycles. The molecule has 2 rings (SSSR count). The van der Waals surface area contributed by atoms with E-state index >= 15 is 0 Å². The van der Waals surface area contributed by atoms with Crippen LogP contribution in [0.15, 0.2) is 18.2 Å². The summed E-state index contributed by atoms with van der Waals surface area (Å²) in [7, 11) is 0. The van der Waals surface area contributed by atoms with Crippen LogP contribution in [0.4, 0.5) is 0 Å². The third-order valence-electron chi connectivity index (χ3n) is 2.92. The predicted molar refractivity (Wildman–Crippen MR) is 76.8 cm³/mol. The zero-order chi connectivity index (χ0) is 12.4. The van der Waals surface area contributed by atoms with Gasteiger partial charge in [-0.05, 0) is 25.0 Å². The molecule has 1 aromatic rings. The van der Waals surface area contributed by atoms with Crippen molar-refractivity contribution >= 4 is 41.5 Å². The Morgan fingerprint density at radius 3 is 2.50 bits per heavy atom. The van der Waals surface area contributed by atoms with Crippen molar-refractivity contribution in [2.45, 2.75) is 18.9 Å². The van der Waals surface area contributed by atoms with Crippen molar-refractivity contribution < 1.29 is 4.79 Å². The Morgan fingerprint density at radius 1 is 1.33 bits per heavy atom. The number of nitrogens with zero attached hydrogens (tertiary/aromatic N) is 1. The van der Waals surface area contributed by atoms with Gasteiger partial charge in [0, 0.05) is 19.1 Å². The fourth-order valence-corrected chi connectivity index (χ4v) is 2.61. The molecule has 0 aliphatic carbocycles. The van der Waals surface area contributed by atoms with Crippen LogP contribution in [0, 0.1) is 0 Å². The normalized spacial score (nSPS) is 19.3. The van der Waals surface area contributed by atoms with Gasteiger partial charge < -0.3 is 10.6 Å². The first-order valence-corrected chi connectivity index (χ1v) is 6.34. The quantitative estimate of drug-likeness (QED) is 0.867. The van der Waals surface area contributed by atoms with E-state index in [2.05, 4.69) is 0 Å². The Hall–Kier alpha value is -0.480. The van der Waals surface area contributed by atoms with Gasteiger partial charge in [-0.25, -0.2) is 0 Å². The number of hydrogen-bond acceptors (Lipinski definition) is 2. The van der Waals surface area contributed by atoms with Crippen LogP contribution in [0.1, 0.15) is 23.2 Å². The Bertz CT molecular complexity index is 419. The van der Waals surface area contributed by atoms with Crippen LogP contribution >= 0.6 is 35.6 Å². The third kappa shape index (κ3) is 3.29. The van der Waals surface area contributed by atoms with Crippen LogP contribution in [0.2, 0.25) is 10.0 Å². The van der Waals surface area contributed by atoms with Crippen LogP contribution in [0.5, 0.6) is 0 Å². The largest absolute Gasteiger partial charge is 0.337 e. The number of benzene rings is 1. The average Bonchev–Trinajstić information content (AvgIpc) is 2.28. The second-order valence-corrected chi connectivity index (χ2v) is 5.06. The van der Waals surface area contributed by atoms with Gasteiger partial charge in [-0.15, -0.1) is 12.4 Å². The van der Waals surface area contributed by atoms with E-state index in [0.29, 0.717) is 28.7 Å². The van der Waals surface area contributed by atoms with E-state index < -0.39 is 0 Å². The monoisotopic (exact) mass is 308 g/mol. The maximum atomic E-state index is 12.3. The highest BCUT2D eigenvalue weighted by Gasteiger charge is 2.25. The second-order valence-electron chi connectivity index (χ2n) is 4.25. The van der Waals surface area contributed by atoms with E-state index in [-0.39, 0.29) is 24.4 Å². The summed E-state index contributed by atoms with van der Waals surface area (Å²) in [5.74, 6) is -0.129. The zero-order valence-electron chi connectivity index (χ0n) is 9.73. The standard InChI is InChI=1S/C12H14Cl2N2O.ClH/c13-9-4-1-5-10(14)11(9)12(17)16-6-2-3-8(15)7-16;/h1,4-5,8H,2-3,6-7,15H2;1H. The topological polar surface area (TPSA) is 46.3 Å². The minimum absolute atomic E-state index is 0. The number of hydrogen-bond donors (Lipinski definition) is 1. The molecule has 100 valence electrons. The molecule has 0 radical (unpaired) electrons. The molecule has 1 atom stereocenters. The molecular weight excluding hydrogens is 295 g/mol. The maximum Gasteiger partial charge on any atom is 0.256 e. The van der Waals surface area contributed by atoms with Gasteiger partial charge in [0.15, 0.2) is 0 Å². The molecule has 1 saturated heterocycles. The molecule has 0 bridgehead atoms. The molecule has 6 heteroatoms. The van der Waals surface area contributed by atoms with Crippen molar-refractivity contribution in [3.63, 3.8) is 0 Å². The van der Waals surface area contributed by atoms with Crippen molar-refractivity contribution in [1.82, 2.24) is 4.90 Å². The van der Waals surface area contributed by atoms with E-state index in [1.54, 1.807) is 23.1 Å². The zero-order valence-corrected chi connectivity index (χ0v) is 12.1. The molecule has 1 heterocycles. The third-order valence-corrected chi connectivity index (χ3v) is 3.55. The molecule has 0 spiro atoms. The first kappa shape index (κ1) is 15.6. The number of rotatable bonds is 1. The summed E-state index contributed by atoms with van der Waals surface area (Å²) in [6, 6.07) is 5.12. The highest BCUT2D eigenvalue weighted by molar-refractivity contribution is 6.39. The predicted octanol–water partition coefficient (Wildman–Crippen LogP) is 2.98. The van der Waals surface area contributed by atoms with Gasteiger partial charge in [0.1, 0.15) is 0 Å². The van der Waals surface area contributed by atoms with Crippen LogP contribution in [-0.4, -0.2) is 29.9 Å². The van der Waals surface area contributed by atoms with Gasteiger partial charge in [-0.2, -0.15) is 0 Å². The lowest BCUT2D eigenvalue weighted by Crippen LogP contribution is -2.45. The van der Waals surface area contributed by atoms with Crippen LogP contribution in [0.3, 0.4) is 0 Å². The van der Waals surface area contributed by atoms with Gasteiger partial charge in [-0.1, -0.05) is 29.3 Å². The summed E-state index contributed by atoms with van der Waals surface area (Å²) in [6.07, 6.45) is 1.88. The Kier molecular flexibility index (Phi) is 5.73. The minimum Gasteiger partial charge on any atom is -0.337 e. The molecule has 18 heavy (non-hydrogen) atoms. The number of likely N-dealkylation sites (tertiary alicyclic amines) is 1. The fourth-order valence-electron chi connectivity index (χ4n) is 2.05. The van der Waals surface area contributed by atoms with E-state index in [0.717, 1.165) is 12.8 Å². The molecule has 1 aliphatic rings. The second kappa shape index (κ2) is 6.62. The fraction of sp³-hybridized carbons (Fsp3) is 0.417. The summed E-state index contributed by atoms with van der Waals surface area (Å²) in [5, 5.41) is 0.781. The average molecular weight is 310 g/mol. The Morgan fingerprint density at radius 2 is 1.94 bits per heavy atom. The van der Waals surface area contributed by atoms with Crippen molar-refractivity contribution in [2.75, 3.05) is 13.1 Å². The molecule has 1 aliphatic heterocycles. The smallest absolute Gasteiger partial charge is 0.256 e. The molecular formula is C12H15Cl3N2O. The first-order chi connectivity index (χ1) is 8.09. The van der Waals surface area contributed by atoms with Crippen molar-refractivity contribution in [3.8, 4) is 0 Å². The van der Waals surface area contributed by atoms with E-state index in [1.807, 2.05) is 0 Å². The lowest BCUT2D eigenvalue weighted by molar-refractivity contribution is 0.0709. The van der Waals surface area contributed by atoms with Gasteiger partial charge in [0.05, 0.1) is 15.6 Å². The lowest BCUT2D eigenvalue weighted by Gasteiger charge is -2.31. The molecule has 0 aromatic heterocycles. The summed E-state index contributed by atoms with van der Waals surface area (Å²) >= 11 is 12.0. The molecule has 3 nitrogen and oxygen atoms in total. The Balaban J connectivity index is 0.00000162. The van der Waals surface area contributed by atoms with Crippen molar-refractivity contribution in [2.24, 2.45) is 5.73 Å². The van der Waals surface area contributed by atoms with E-state index in [1.165, 1.54) is 0 Å². The number of carbonyl (C=O) groups excluding carboxylic acids is 1. The summed E-state index contributed by atoms with van der Waals surface area (Å²) in [6.45, 7) is 1.29. The SMILES string of the molecule is Cl.NC1CCCN(C(=O)c2c(Cl)cccc2Cl)C1. The number of halogens is 3. The van der Waals surface area contributed by atoms with Crippen molar-refractivity contribution in [1.29, 1.82) is 0 Å². The lowest BCUT2D eigenvalue weighted by atomic mass is 10.1. The number of piperidine rings is 1. The summed E-state index contributed by atoms with van der Waals surface area (Å²) in [4.78, 5) is 14.0. The number of amides is 1. The minimum atomic E-state index is -0.129. The first-order valence-electron chi connectivity index (χ1n) is 5.58. The summed E-state index contributed by atoms with van der Waals surface area (Å²) in [5.41, 5.74) is 6.24. The van der Waals surface area contributed by atoms with Gasteiger partial charge >= 0.3 is 0 Å². The highest BCUT2D eigenvalue weighted by Crippen LogP contribution is 2.26.